The molecule has 0 saturated carbocycles. The van der Waals surface area contributed by atoms with E-state index in [1.807, 2.05) is 24.3 Å². The van der Waals surface area contributed by atoms with Gasteiger partial charge in [-0.15, -0.1) is 0 Å². The molecule has 0 radical (unpaired) electrons. The Morgan fingerprint density at radius 3 is 1.81 bits per heavy atom. The summed E-state index contributed by atoms with van der Waals surface area (Å²) in [6, 6.07) is 14.8. The van der Waals surface area contributed by atoms with E-state index >= 15 is 0 Å². The quantitative estimate of drug-likeness (QED) is 0.678. The van der Waals surface area contributed by atoms with Crippen molar-refractivity contribution >= 4 is 37.8 Å². The van der Waals surface area contributed by atoms with Crippen molar-refractivity contribution < 1.29 is 28.8 Å². The van der Waals surface area contributed by atoms with Gasteiger partial charge in [-0.2, -0.15) is 0 Å². The standard InChI is InChI=1S/C10H9BrO4.C9H9BrO2/c11-8-3-1-7(2-4-8)10(9(12)13)14-5-6-15-10;10-8-3-1-7(2-4-8)9-11-5-6-12-9/h1-4H,5-6H2,(H,12,13);1-4,9H,5-6H2. The van der Waals surface area contributed by atoms with Gasteiger partial charge >= 0.3 is 5.97 Å². The highest BCUT2D eigenvalue weighted by molar-refractivity contribution is 9.10. The van der Waals surface area contributed by atoms with Gasteiger partial charge in [-0.05, 0) is 24.3 Å². The Bertz CT molecular complexity index is 751. The lowest BCUT2D eigenvalue weighted by molar-refractivity contribution is -0.205. The number of aliphatic carboxylic acids is 1. The van der Waals surface area contributed by atoms with Crippen LogP contribution in [0.1, 0.15) is 17.4 Å². The lowest BCUT2D eigenvalue weighted by Crippen LogP contribution is -2.36. The van der Waals surface area contributed by atoms with Crippen LogP contribution in [0.4, 0.5) is 0 Å². The Labute approximate surface area is 173 Å². The van der Waals surface area contributed by atoms with E-state index in [2.05, 4.69) is 31.9 Å². The fourth-order valence-electron chi connectivity index (χ4n) is 2.67. The van der Waals surface area contributed by atoms with Crippen molar-refractivity contribution in [1.82, 2.24) is 0 Å². The molecular weight excluding hydrogens is 484 g/mol. The average Bonchev–Trinajstić information content (AvgIpc) is 3.36. The molecule has 0 aromatic heterocycles. The molecule has 2 saturated heterocycles. The second kappa shape index (κ2) is 9.27. The summed E-state index contributed by atoms with van der Waals surface area (Å²) >= 11 is 6.65. The summed E-state index contributed by atoms with van der Waals surface area (Å²) in [5.74, 6) is -2.75. The van der Waals surface area contributed by atoms with Crippen molar-refractivity contribution in [3.8, 4) is 0 Å². The van der Waals surface area contributed by atoms with Crippen LogP contribution in [0.15, 0.2) is 57.5 Å². The summed E-state index contributed by atoms with van der Waals surface area (Å²) in [7, 11) is 0. The van der Waals surface area contributed by atoms with E-state index in [0.29, 0.717) is 32.0 Å². The Morgan fingerprint density at radius 1 is 0.852 bits per heavy atom. The minimum atomic E-state index is -1.62. The van der Waals surface area contributed by atoms with Crippen molar-refractivity contribution in [3.05, 3.63) is 68.6 Å². The molecule has 0 spiro atoms. The van der Waals surface area contributed by atoms with Crippen molar-refractivity contribution in [2.75, 3.05) is 26.4 Å². The SMILES string of the molecule is Brc1ccc(C2OCCO2)cc1.O=C(O)C1(c2ccc(Br)cc2)OCCO1. The molecule has 2 fully saturated rings. The number of benzene rings is 2. The van der Waals surface area contributed by atoms with Crippen molar-refractivity contribution in [2.24, 2.45) is 0 Å². The minimum absolute atomic E-state index is 0.155. The maximum atomic E-state index is 11.1. The first-order chi connectivity index (χ1) is 13.0. The molecular formula is C19H18Br2O6. The van der Waals surface area contributed by atoms with E-state index in [0.717, 1.165) is 14.5 Å². The van der Waals surface area contributed by atoms with Gasteiger partial charge in [0, 0.05) is 20.1 Å². The molecule has 4 rings (SSSR count). The highest BCUT2D eigenvalue weighted by Crippen LogP contribution is 2.32. The van der Waals surface area contributed by atoms with Gasteiger partial charge in [0.2, 0.25) is 0 Å². The van der Waals surface area contributed by atoms with Crippen LogP contribution in [0.25, 0.3) is 0 Å². The zero-order valence-electron chi connectivity index (χ0n) is 14.3. The van der Waals surface area contributed by atoms with Crippen molar-refractivity contribution in [2.45, 2.75) is 12.1 Å². The predicted octanol–water partition coefficient (Wildman–Crippen LogP) is 4.23. The maximum absolute atomic E-state index is 11.1. The molecule has 2 aliphatic rings. The Hall–Kier alpha value is -1.29. The normalized spacial score (nSPS) is 18.7. The van der Waals surface area contributed by atoms with E-state index in [1.165, 1.54) is 0 Å². The first kappa shape index (κ1) is 20.4. The van der Waals surface area contributed by atoms with Crippen LogP contribution in [0, 0.1) is 0 Å². The van der Waals surface area contributed by atoms with Gasteiger partial charge in [-0.25, -0.2) is 4.79 Å². The Kier molecular flexibility index (Phi) is 7.02. The molecule has 0 bridgehead atoms. The first-order valence-corrected chi connectivity index (χ1v) is 9.86. The van der Waals surface area contributed by atoms with E-state index < -0.39 is 11.8 Å². The van der Waals surface area contributed by atoms with Crippen LogP contribution in [0.5, 0.6) is 0 Å². The third-order valence-corrected chi connectivity index (χ3v) is 5.02. The summed E-state index contributed by atoms with van der Waals surface area (Å²) < 4.78 is 23.0. The van der Waals surface area contributed by atoms with Crippen molar-refractivity contribution in [1.29, 1.82) is 0 Å². The summed E-state index contributed by atoms with van der Waals surface area (Å²) in [6.07, 6.45) is -0.155. The smallest absolute Gasteiger partial charge is 0.369 e. The van der Waals surface area contributed by atoms with Crippen molar-refractivity contribution in [3.63, 3.8) is 0 Å². The molecule has 2 heterocycles. The third-order valence-electron chi connectivity index (χ3n) is 3.96. The molecule has 0 amide bonds. The van der Waals surface area contributed by atoms with Gasteiger partial charge < -0.3 is 24.1 Å². The first-order valence-electron chi connectivity index (χ1n) is 8.27. The topological polar surface area (TPSA) is 74.2 Å². The van der Waals surface area contributed by atoms with Gasteiger partial charge in [-0.1, -0.05) is 56.1 Å². The second-order valence-electron chi connectivity index (χ2n) is 5.75. The number of hydrogen-bond donors (Lipinski definition) is 1. The molecule has 2 aliphatic heterocycles. The van der Waals surface area contributed by atoms with Gasteiger partial charge in [0.15, 0.2) is 6.29 Å². The predicted molar refractivity (Wildman–Crippen MR) is 104 cm³/mol. The molecule has 0 unspecified atom stereocenters. The average molecular weight is 502 g/mol. The molecule has 0 atom stereocenters. The van der Waals surface area contributed by atoms with Crippen LogP contribution in [-0.2, 0) is 29.5 Å². The number of ether oxygens (including phenoxy) is 4. The zero-order valence-corrected chi connectivity index (χ0v) is 17.4. The van der Waals surface area contributed by atoms with Gasteiger partial charge in [0.25, 0.3) is 5.79 Å². The summed E-state index contributed by atoms with van der Waals surface area (Å²) in [4.78, 5) is 11.1. The van der Waals surface area contributed by atoms with Crippen LogP contribution >= 0.6 is 31.9 Å². The Balaban J connectivity index is 0.000000159. The highest BCUT2D eigenvalue weighted by Gasteiger charge is 2.46. The zero-order chi connectivity index (χ0) is 19.3. The fourth-order valence-corrected chi connectivity index (χ4v) is 3.19. The van der Waals surface area contributed by atoms with Gasteiger partial charge in [0.1, 0.15) is 0 Å². The van der Waals surface area contributed by atoms with E-state index in [4.69, 9.17) is 24.1 Å². The number of halogens is 2. The molecule has 0 aliphatic carbocycles. The maximum Gasteiger partial charge on any atom is 0.369 e. The van der Waals surface area contributed by atoms with Crippen LogP contribution in [0.3, 0.4) is 0 Å². The molecule has 1 N–H and O–H groups in total. The number of rotatable bonds is 3. The molecule has 2 aromatic carbocycles. The van der Waals surface area contributed by atoms with Crippen LogP contribution in [0.2, 0.25) is 0 Å². The third kappa shape index (κ3) is 4.96. The lowest BCUT2D eigenvalue weighted by atomic mass is 10.1. The number of carboxylic acid groups (broad SMARTS) is 1. The number of carboxylic acids is 1. The molecule has 2 aromatic rings. The molecule has 144 valence electrons. The fraction of sp³-hybridized carbons (Fsp3) is 0.316. The van der Waals surface area contributed by atoms with E-state index in [1.54, 1.807) is 24.3 Å². The van der Waals surface area contributed by atoms with Gasteiger partial charge in [-0.3, -0.25) is 0 Å². The second-order valence-corrected chi connectivity index (χ2v) is 7.58. The van der Waals surface area contributed by atoms with Gasteiger partial charge in [0.05, 0.1) is 26.4 Å². The summed E-state index contributed by atoms with van der Waals surface area (Å²) in [6.45, 7) is 1.98. The monoisotopic (exact) mass is 500 g/mol. The Morgan fingerprint density at radius 2 is 1.33 bits per heavy atom. The highest BCUT2D eigenvalue weighted by atomic mass is 79.9. The van der Waals surface area contributed by atoms with E-state index in [-0.39, 0.29) is 6.29 Å². The minimum Gasteiger partial charge on any atom is -0.477 e. The van der Waals surface area contributed by atoms with Crippen LogP contribution in [-0.4, -0.2) is 37.5 Å². The summed E-state index contributed by atoms with van der Waals surface area (Å²) in [5.41, 5.74) is 1.58. The molecule has 27 heavy (non-hydrogen) atoms. The lowest BCUT2D eigenvalue weighted by Gasteiger charge is -2.22. The largest absolute Gasteiger partial charge is 0.477 e. The number of carbonyl (C=O) groups is 1. The molecule has 8 heteroatoms. The van der Waals surface area contributed by atoms with Crippen LogP contribution < -0.4 is 0 Å². The number of hydrogen-bond acceptors (Lipinski definition) is 5. The van der Waals surface area contributed by atoms with E-state index in [9.17, 15) is 4.79 Å². The molecule has 6 nitrogen and oxygen atoms in total. The summed E-state index contributed by atoms with van der Waals surface area (Å²) in [5, 5.41) is 9.12.